The average Bonchev–Trinajstić information content (AvgIpc) is 2.37. The van der Waals surface area contributed by atoms with E-state index in [0.717, 1.165) is 36.5 Å². The Morgan fingerprint density at radius 1 is 1.26 bits per heavy atom. The molecule has 0 amide bonds. The predicted molar refractivity (Wildman–Crippen MR) is 80.3 cm³/mol. The molecule has 106 valence electrons. The fourth-order valence-electron chi connectivity index (χ4n) is 2.05. The number of hydrogen-bond acceptors (Lipinski definition) is 5. The van der Waals surface area contributed by atoms with Gasteiger partial charge >= 0.3 is 0 Å². The highest BCUT2D eigenvalue weighted by Crippen LogP contribution is 2.16. The molecular weight excluding hydrogens is 330 g/mol. The van der Waals surface area contributed by atoms with Crippen molar-refractivity contribution in [3.8, 4) is 0 Å². The highest BCUT2D eigenvalue weighted by Gasteiger charge is 2.18. The van der Waals surface area contributed by atoms with Gasteiger partial charge in [0.15, 0.2) is 0 Å². The molecule has 0 radical (unpaired) electrons. The van der Waals surface area contributed by atoms with Crippen molar-refractivity contribution in [2.45, 2.75) is 0 Å². The lowest BCUT2D eigenvalue weighted by atomic mass is 10.3. The molecule has 1 aliphatic heterocycles. The molecule has 0 saturated carbocycles. The standard InChI is InChI=1S/C12H18BrN3O2S/c1-19(17,18)9-8-15-4-6-16(7-5-15)12-3-2-11(13)10-14-12/h2-3,10H,4-9H2,1H3. The summed E-state index contributed by atoms with van der Waals surface area (Å²) in [4.78, 5) is 8.79. The van der Waals surface area contributed by atoms with Gasteiger partial charge in [-0.3, -0.25) is 4.90 Å². The largest absolute Gasteiger partial charge is 0.354 e. The number of aromatic nitrogens is 1. The maximum atomic E-state index is 11.1. The van der Waals surface area contributed by atoms with Crippen molar-refractivity contribution < 1.29 is 8.42 Å². The summed E-state index contributed by atoms with van der Waals surface area (Å²) in [5.74, 6) is 1.22. The van der Waals surface area contributed by atoms with Gasteiger partial charge in [0.25, 0.3) is 0 Å². The van der Waals surface area contributed by atoms with Crippen LogP contribution in [0.4, 0.5) is 5.82 Å². The van der Waals surface area contributed by atoms with Gasteiger partial charge in [-0.05, 0) is 28.1 Å². The molecule has 0 aliphatic carbocycles. The summed E-state index contributed by atoms with van der Waals surface area (Å²) in [6, 6.07) is 3.98. The third kappa shape index (κ3) is 4.74. The molecule has 1 saturated heterocycles. The van der Waals surface area contributed by atoms with Crippen LogP contribution in [0.15, 0.2) is 22.8 Å². The molecule has 1 aromatic heterocycles. The molecule has 0 atom stereocenters. The van der Waals surface area contributed by atoms with Crippen LogP contribution in [-0.4, -0.2) is 63.0 Å². The molecular formula is C12H18BrN3O2S. The van der Waals surface area contributed by atoms with Crippen LogP contribution >= 0.6 is 15.9 Å². The Hall–Kier alpha value is -0.660. The van der Waals surface area contributed by atoms with Gasteiger partial charge in [0.05, 0.1) is 5.75 Å². The van der Waals surface area contributed by atoms with E-state index < -0.39 is 9.84 Å². The lowest BCUT2D eigenvalue weighted by Crippen LogP contribution is -2.47. The van der Waals surface area contributed by atoms with E-state index in [1.165, 1.54) is 6.26 Å². The maximum Gasteiger partial charge on any atom is 0.148 e. The number of anilines is 1. The van der Waals surface area contributed by atoms with E-state index in [1.54, 1.807) is 6.20 Å². The molecule has 0 spiro atoms. The van der Waals surface area contributed by atoms with Crippen molar-refractivity contribution in [3.63, 3.8) is 0 Å². The highest BCUT2D eigenvalue weighted by molar-refractivity contribution is 9.10. The Labute approximate surface area is 122 Å². The minimum absolute atomic E-state index is 0.240. The topological polar surface area (TPSA) is 53.5 Å². The van der Waals surface area contributed by atoms with Gasteiger partial charge in [-0.1, -0.05) is 0 Å². The van der Waals surface area contributed by atoms with Crippen LogP contribution < -0.4 is 4.90 Å². The van der Waals surface area contributed by atoms with Crippen molar-refractivity contribution in [1.29, 1.82) is 0 Å². The van der Waals surface area contributed by atoms with Crippen molar-refractivity contribution in [2.75, 3.05) is 49.6 Å². The molecule has 7 heteroatoms. The first kappa shape index (κ1) is 14.7. The zero-order valence-electron chi connectivity index (χ0n) is 10.9. The third-order valence-corrected chi connectivity index (χ3v) is 4.58. The van der Waals surface area contributed by atoms with E-state index in [9.17, 15) is 8.42 Å². The molecule has 2 rings (SSSR count). The lowest BCUT2D eigenvalue weighted by molar-refractivity contribution is 0.271. The number of rotatable bonds is 4. The zero-order chi connectivity index (χ0) is 13.9. The average molecular weight is 348 g/mol. The summed E-state index contributed by atoms with van der Waals surface area (Å²) in [5, 5.41) is 0. The van der Waals surface area contributed by atoms with Crippen LogP contribution in [0, 0.1) is 0 Å². The van der Waals surface area contributed by atoms with Gasteiger partial charge in [0, 0.05) is 49.6 Å². The fraction of sp³-hybridized carbons (Fsp3) is 0.583. The fourth-order valence-corrected chi connectivity index (χ4v) is 2.87. The van der Waals surface area contributed by atoms with Crippen LogP contribution in [0.3, 0.4) is 0 Å². The molecule has 0 N–H and O–H groups in total. The van der Waals surface area contributed by atoms with Crippen LogP contribution in [0.2, 0.25) is 0 Å². The molecule has 0 unspecified atom stereocenters. The first-order valence-corrected chi connectivity index (χ1v) is 9.06. The Morgan fingerprint density at radius 3 is 2.47 bits per heavy atom. The molecule has 1 aliphatic rings. The van der Waals surface area contributed by atoms with Crippen LogP contribution in [-0.2, 0) is 9.84 Å². The minimum atomic E-state index is -2.87. The molecule has 0 aromatic carbocycles. The second-order valence-electron chi connectivity index (χ2n) is 4.79. The van der Waals surface area contributed by atoms with E-state index in [2.05, 4.69) is 30.7 Å². The van der Waals surface area contributed by atoms with Gasteiger partial charge in [0.2, 0.25) is 0 Å². The summed E-state index contributed by atoms with van der Waals surface area (Å²) in [6.07, 6.45) is 3.08. The molecule has 5 nitrogen and oxygen atoms in total. The number of halogens is 1. The van der Waals surface area contributed by atoms with Crippen molar-refractivity contribution in [1.82, 2.24) is 9.88 Å². The monoisotopic (exact) mass is 347 g/mol. The number of sulfone groups is 1. The molecule has 0 bridgehead atoms. The number of piperazine rings is 1. The Bertz CT molecular complexity index is 510. The van der Waals surface area contributed by atoms with Crippen molar-refractivity contribution in [2.24, 2.45) is 0 Å². The first-order chi connectivity index (χ1) is 8.94. The summed E-state index contributed by atoms with van der Waals surface area (Å²) in [6.45, 7) is 4.16. The second-order valence-corrected chi connectivity index (χ2v) is 7.97. The number of nitrogens with zero attached hydrogens (tertiary/aromatic N) is 3. The van der Waals surface area contributed by atoms with Crippen molar-refractivity contribution >= 4 is 31.6 Å². The molecule has 1 fully saturated rings. The SMILES string of the molecule is CS(=O)(=O)CCN1CCN(c2ccc(Br)cn2)CC1. The van der Waals surface area contributed by atoms with Gasteiger partial charge in [-0.2, -0.15) is 0 Å². The molecule has 19 heavy (non-hydrogen) atoms. The Morgan fingerprint density at radius 2 is 1.95 bits per heavy atom. The van der Waals surface area contributed by atoms with Gasteiger partial charge in [-0.15, -0.1) is 0 Å². The van der Waals surface area contributed by atoms with Gasteiger partial charge in [0.1, 0.15) is 15.7 Å². The number of hydrogen-bond donors (Lipinski definition) is 0. The second kappa shape index (κ2) is 6.19. The van der Waals surface area contributed by atoms with Gasteiger partial charge < -0.3 is 4.90 Å². The smallest absolute Gasteiger partial charge is 0.148 e. The quantitative estimate of drug-likeness (QED) is 0.813. The lowest BCUT2D eigenvalue weighted by Gasteiger charge is -2.35. The minimum Gasteiger partial charge on any atom is -0.354 e. The zero-order valence-corrected chi connectivity index (χ0v) is 13.3. The van der Waals surface area contributed by atoms with E-state index >= 15 is 0 Å². The summed E-state index contributed by atoms with van der Waals surface area (Å²) < 4.78 is 23.3. The third-order valence-electron chi connectivity index (χ3n) is 3.19. The summed E-state index contributed by atoms with van der Waals surface area (Å²) in [7, 11) is -2.87. The summed E-state index contributed by atoms with van der Waals surface area (Å²) in [5.41, 5.74) is 0. The normalized spacial score (nSPS) is 17.7. The maximum absolute atomic E-state index is 11.1. The van der Waals surface area contributed by atoms with Gasteiger partial charge in [-0.25, -0.2) is 13.4 Å². The van der Waals surface area contributed by atoms with E-state index in [4.69, 9.17) is 0 Å². The first-order valence-electron chi connectivity index (χ1n) is 6.21. The van der Waals surface area contributed by atoms with Crippen LogP contribution in [0.1, 0.15) is 0 Å². The van der Waals surface area contributed by atoms with Crippen LogP contribution in [0.5, 0.6) is 0 Å². The molecule has 1 aromatic rings. The van der Waals surface area contributed by atoms with E-state index in [-0.39, 0.29) is 5.75 Å². The summed E-state index contributed by atoms with van der Waals surface area (Å²) >= 11 is 3.37. The van der Waals surface area contributed by atoms with Crippen molar-refractivity contribution in [3.05, 3.63) is 22.8 Å². The van der Waals surface area contributed by atoms with E-state index in [1.807, 2.05) is 12.1 Å². The van der Waals surface area contributed by atoms with Crippen LogP contribution in [0.25, 0.3) is 0 Å². The predicted octanol–water partition coefficient (Wildman–Crippen LogP) is 1.01. The van der Waals surface area contributed by atoms with E-state index in [0.29, 0.717) is 6.54 Å². The Kier molecular flexibility index (Phi) is 4.81. The Balaban J connectivity index is 1.84. The molecule has 2 heterocycles. The highest BCUT2D eigenvalue weighted by atomic mass is 79.9. The number of pyridine rings is 1.